The first-order valence-electron chi connectivity index (χ1n) is 7.84. The summed E-state index contributed by atoms with van der Waals surface area (Å²) < 4.78 is 5.32. The molecule has 1 atom stereocenters. The first kappa shape index (κ1) is 16.2. The van der Waals surface area contributed by atoms with Crippen molar-refractivity contribution in [2.24, 2.45) is 0 Å². The summed E-state index contributed by atoms with van der Waals surface area (Å²) in [4.78, 5) is 25.8. The van der Waals surface area contributed by atoms with Crippen LogP contribution in [0.25, 0.3) is 0 Å². The number of aldehydes is 1. The molecule has 2 aromatic carbocycles. The van der Waals surface area contributed by atoms with E-state index in [4.69, 9.17) is 4.74 Å². The van der Waals surface area contributed by atoms with Gasteiger partial charge in [0.25, 0.3) is 5.91 Å². The third-order valence-corrected chi connectivity index (χ3v) is 4.47. The maximum Gasteiger partial charge on any atom is 0.254 e. The molecule has 24 heavy (non-hydrogen) atoms. The van der Waals surface area contributed by atoms with Crippen molar-refractivity contribution < 1.29 is 14.3 Å². The molecule has 0 radical (unpaired) electrons. The first-order valence-corrected chi connectivity index (χ1v) is 7.84. The van der Waals surface area contributed by atoms with Gasteiger partial charge in [-0.15, -0.1) is 0 Å². The second kappa shape index (κ2) is 6.84. The Morgan fingerprint density at radius 1 is 1.29 bits per heavy atom. The molecular weight excluding hydrogens is 304 g/mol. The molecule has 0 aliphatic carbocycles. The number of hydrogen-bond donors (Lipinski definition) is 1. The highest BCUT2D eigenvalue weighted by Gasteiger charge is 2.28. The van der Waals surface area contributed by atoms with Gasteiger partial charge in [0, 0.05) is 25.7 Å². The largest absolute Gasteiger partial charge is 0.497 e. The van der Waals surface area contributed by atoms with Crippen molar-refractivity contribution in [2.75, 3.05) is 20.7 Å². The molecule has 1 heterocycles. The SMILES string of the molecule is COc1ccc2c(c1)C(N(C)C(=O)c1ccccc1C=O)CNC2. The van der Waals surface area contributed by atoms with E-state index in [0.29, 0.717) is 17.7 Å². The number of amides is 1. The second-order valence-corrected chi connectivity index (χ2v) is 5.83. The number of rotatable bonds is 4. The van der Waals surface area contributed by atoms with Crippen molar-refractivity contribution in [3.8, 4) is 5.75 Å². The van der Waals surface area contributed by atoms with Gasteiger partial charge in [-0.05, 0) is 29.3 Å². The minimum atomic E-state index is -0.167. The molecular formula is C19H20N2O3. The fraction of sp³-hybridized carbons (Fsp3) is 0.263. The van der Waals surface area contributed by atoms with Crippen LogP contribution in [0.2, 0.25) is 0 Å². The number of carbonyl (C=O) groups is 2. The van der Waals surface area contributed by atoms with Crippen LogP contribution in [0.4, 0.5) is 0 Å². The predicted octanol–water partition coefficient (Wildman–Crippen LogP) is 2.42. The summed E-state index contributed by atoms with van der Waals surface area (Å²) in [5.41, 5.74) is 3.05. The summed E-state index contributed by atoms with van der Waals surface area (Å²) in [6, 6.07) is 12.7. The lowest BCUT2D eigenvalue weighted by Crippen LogP contribution is -2.41. The molecule has 0 aromatic heterocycles. The van der Waals surface area contributed by atoms with Gasteiger partial charge in [-0.2, -0.15) is 0 Å². The Morgan fingerprint density at radius 2 is 2.08 bits per heavy atom. The van der Waals surface area contributed by atoms with Gasteiger partial charge in [0.1, 0.15) is 5.75 Å². The molecule has 1 amide bonds. The maximum absolute atomic E-state index is 12.9. The summed E-state index contributed by atoms with van der Waals surface area (Å²) in [5, 5.41) is 3.34. The van der Waals surface area contributed by atoms with E-state index in [2.05, 4.69) is 5.32 Å². The zero-order valence-corrected chi connectivity index (χ0v) is 13.8. The van der Waals surface area contributed by atoms with Crippen LogP contribution in [0.5, 0.6) is 5.75 Å². The molecule has 2 aromatic rings. The van der Waals surface area contributed by atoms with E-state index in [1.807, 2.05) is 18.2 Å². The molecule has 0 spiro atoms. The number of nitrogens with zero attached hydrogens (tertiary/aromatic N) is 1. The van der Waals surface area contributed by atoms with Gasteiger partial charge in [0.2, 0.25) is 0 Å². The lowest BCUT2D eigenvalue weighted by atomic mass is 9.94. The Hall–Kier alpha value is -2.66. The summed E-state index contributed by atoms with van der Waals surface area (Å²) in [6.45, 7) is 1.43. The van der Waals surface area contributed by atoms with Crippen LogP contribution in [0.15, 0.2) is 42.5 Å². The van der Waals surface area contributed by atoms with Gasteiger partial charge >= 0.3 is 0 Å². The summed E-state index contributed by atoms with van der Waals surface area (Å²) >= 11 is 0. The van der Waals surface area contributed by atoms with Crippen LogP contribution in [0.1, 0.15) is 37.9 Å². The molecule has 0 fully saturated rings. The number of carbonyl (C=O) groups excluding carboxylic acids is 2. The number of hydrogen-bond acceptors (Lipinski definition) is 4. The number of likely N-dealkylation sites (N-methyl/N-ethyl adjacent to an activating group) is 1. The van der Waals surface area contributed by atoms with Crippen molar-refractivity contribution >= 4 is 12.2 Å². The second-order valence-electron chi connectivity index (χ2n) is 5.83. The normalized spacial score (nSPS) is 16.2. The zero-order chi connectivity index (χ0) is 17.1. The molecule has 0 saturated carbocycles. The van der Waals surface area contributed by atoms with Crippen LogP contribution < -0.4 is 10.1 Å². The van der Waals surface area contributed by atoms with Crippen LogP contribution in [0.3, 0.4) is 0 Å². The topological polar surface area (TPSA) is 58.6 Å². The minimum Gasteiger partial charge on any atom is -0.497 e. The maximum atomic E-state index is 12.9. The highest BCUT2D eigenvalue weighted by Crippen LogP contribution is 2.30. The van der Waals surface area contributed by atoms with Crippen LogP contribution in [-0.2, 0) is 6.54 Å². The quantitative estimate of drug-likeness (QED) is 0.878. The van der Waals surface area contributed by atoms with E-state index < -0.39 is 0 Å². The molecule has 124 valence electrons. The first-order chi connectivity index (χ1) is 11.7. The fourth-order valence-electron chi connectivity index (χ4n) is 3.10. The van der Waals surface area contributed by atoms with Gasteiger partial charge in [0.05, 0.1) is 18.7 Å². The van der Waals surface area contributed by atoms with Crippen molar-refractivity contribution in [3.05, 3.63) is 64.7 Å². The van der Waals surface area contributed by atoms with Gasteiger partial charge in [-0.1, -0.05) is 24.3 Å². The lowest BCUT2D eigenvalue weighted by Gasteiger charge is -2.34. The molecule has 5 nitrogen and oxygen atoms in total. The van der Waals surface area contributed by atoms with E-state index in [9.17, 15) is 9.59 Å². The summed E-state index contributed by atoms with van der Waals surface area (Å²) in [7, 11) is 3.40. The number of ether oxygens (including phenoxy) is 1. The van der Waals surface area contributed by atoms with E-state index >= 15 is 0 Å². The van der Waals surface area contributed by atoms with Crippen molar-refractivity contribution in [1.82, 2.24) is 10.2 Å². The Bertz CT molecular complexity index is 773. The van der Waals surface area contributed by atoms with Gasteiger partial charge in [0.15, 0.2) is 6.29 Å². The van der Waals surface area contributed by atoms with Gasteiger partial charge in [-0.25, -0.2) is 0 Å². The van der Waals surface area contributed by atoms with Crippen LogP contribution >= 0.6 is 0 Å². The molecule has 1 aliphatic rings. The number of methoxy groups -OCH3 is 1. The Kier molecular flexibility index (Phi) is 4.62. The van der Waals surface area contributed by atoms with Gasteiger partial charge in [-0.3, -0.25) is 9.59 Å². The minimum absolute atomic E-state index is 0.115. The van der Waals surface area contributed by atoms with Crippen LogP contribution in [0, 0.1) is 0 Å². The highest BCUT2D eigenvalue weighted by atomic mass is 16.5. The number of fused-ring (bicyclic) bond motifs is 1. The van der Waals surface area contributed by atoms with Gasteiger partial charge < -0.3 is 15.0 Å². The van der Waals surface area contributed by atoms with E-state index in [-0.39, 0.29) is 11.9 Å². The average molecular weight is 324 g/mol. The molecule has 3 rings (SSSR count). The van der Waals surface area contributed by atoms with Crippen molar-refractivity contribution in [1.29, 1.82) is 0 Å². The Balaban J connectivity index is 1.95. The lowest BCUT2D eigenvalue weighted by molar-refractivity contribution is 0.0719. The third kappa shape index (κ3) is 2.90. The van der Waals surface area contributed by atoms with Crippen molar-refractivity contribution in [3.63, 3.8) is 0 Å². The van der Waals surface area contributed by atoms with E-state index in [1.165, 1.54) is 0 Å². The molecule has 0 bridgehead atoms. The van der Waals surface area contributed by atoms with E-state index in [1.54, 1.807) is 43.3 Å². The smallest absolute Gasteiger partial charge is 0.254 e. The summed E-state index contributed by atoms with van der Waals surface area (Å²) in [6.07, 6.45) is 0.719. The highest BCUT2D eigenvalue weighted by molar-refractivity contribution is 6.01. The summed E-state index contributed by atoms with van der Waals surface area (Å²) in [5.74, 6) is 0.606. The molecule has 5 heteroatoms. The Morgan fingerprint density at radius 3 is 2.83 bits per heavy atom. The Labute approximate surface area is 141 Å². The molecule has 1 unspecified atom stereocenters. The number of benzene rings is 2. The monoisotopic (exact) mass is 324 g/mol. The average Bonchev–Trinajstić information content (AvgIpc) is 2.65. The fourth-order valence-corrected chi connectivity index (χ4v) is 3.10. The van der Waals surface area contributed by atoms with Crippen molar-refractivity contribution in [2.45, 2.75) is 12.6 Å². The van der Waals surface area contributed by atoms with Crippen LogP contribution in [-0.4, -0.2) is 37.8 Å². The predicted molar refractivity (Wildman–Crippen MR) is 91.4 cm³/mol. The molecule has 1 aliphatic heterocycles. The van der Waals surface area contributed by atoms with E-state index in [0.717, 1.165) is 29.7 Å². The molecule has 1 N–H and O–H groups in total. The zero-order valence-electron chi connectivity index (χ0n) is 13.8. The molecule has 0 saturated heterocycles. The standard InChI is InChI=1S/C19H20N2O3/c1-21(19(23)16-6-4-3-5-14(16)12-22)18-11-20-10-13-7-8-15(24-2)9-17(13)18/h3-9,12,18,20H,10-11H2,1-2H3. The number of nitrogens with one attached hydrogen (secondary N) is 1. The third-order valence-electron chi connectivity index (χ3n) is 4.47.